The fourth-order valence-corrected chi connectivity index (χ4v) is 2.75. The summed E-state index contributed by atoms with van der Waals surface area (Å²) in [7, 11) is 1.69. The molecule has 106 valence electrons. The van der Waals surface area contributed by atoms with Gasteiger partial charge in [-0.1, -0.05) is 6.07 Å². The molecule has 1 saturated heterocycles. The van der Waals surface area contributed by atoms with Gasteiger partial charge in [-0.2, -0.15) is 0 Å². The Labute approximate surface area is 119 Å². The number of rotatable bonds is 5. The quantitative estimate of drug-likeness (QED) is 0.907. The molecule has 1 aromatic carbocycles. The van der Waals surface area contributed by atoms with Gasteiger partial charge in [0.1, 0.15) is 11.6 Å². The third-order valence-corrected chi connectivity index (χ3v) is 3.89. The fraction of sp³-hybridized carbons (Fsp3) is 0.438. The normalized spacial score (nSPS) is 15.7. The summed E-state index contributed by atoms with van der Waals surface area (Å²) in [5.74, 6) is 1.81. The lowest BCUT2D eigenvalue weighted by Crippen LogP contribution is -2.26. The Bertz CT molecular complexity index is 579. The van der Waals surface area contributed by atoms with E-state index in [4.69, 9.17) is 4.74 Å². The van der Waals surface area contributed by atoms with Crippen molar-refractivity contribution in [3.63, 3.8) is 0 Å². The summed E-state index contributed by atoms with van der Waals surface area (Å²) in [6.07, 6.45) is 4.53. The number of nitrogens with one attached hydrogen (secondary N) is 1. The van der Waals surface area contributed by atoms with E-state index in [2.05, 4.69) is 21.3 Å². The van der Waals surface area contributed by atoms with Crippen LogP contribution in [0.25, 0.3) is 10.8 Å². The van der Waals surface area contributed by atoms with Crippen LogP contribution in [0.15, 0.2) is 30.5 Å². The third-order valence-electron chi connectivity index (χ3n) is 3.89. The molecule has 2 aromatic rings. The summed E-state index contributed by atoms with van der Waals surface area (Å²) >= 11 is 0. The summed E-state index contributed by atoms with van der Waals surface area (Å²) in [5.41, 5.74) is 0. The van der Waals surface area contributed by atoms with Crippen LogP contribution in [0, 0.1) is 0 Å². The van der Waals surface area contributed by atoms with Crippen molar-refractivity contribution >= 4 is 16.6 Å². The van der Waals surface area contributed by atoms with Crippen LogP contribution in [0.5, 0.6) is 5.75 Å². The summed E-state index contributed by atoms with van der Waals surface area (Å²) in [6.45, 7) is 4.49. The summed E-state index contributed by atoms with van der Waals surface area (Å²) in [5, 5.41) is 5.76. The van der Waals surface area contributed by atoms with Crippen molar-refractivity contribution in [1.29, 1.82) is 0 Å². The van der Waals surface area contributed by atoms with Gasteiger partial charge in [-0.15, -0.1) is 0 Å². The van der Waals surface area contributed by atoms with Gasteiger partial charge in [0, 0.05) is 24.7 Å². The smallest absolute Gasteiger partial charge is 0.133 e. The lowest BCUT2D eigenvalue weighted by molar-refractivity contribution is 0.352. The minimum Gasteiger partial charge on any atom is -0.497 e. The van der Waals surface area contributed by atoms with E-state index in [0.29, 0.717) is 0 Å². The zero-order chi connectivity index (χ0) is 13.8. The second kappa shape index (κ2) is 6.09. The predicted molar refractivity (Wildman–Crippen MR) is 82.5 cm³/mol. The van der Waals surface area contributed by atoms with Crippen molar-refractivity contribution in [3.05, 3.63) is 30.5 Å². The van der Waals surface area contributed by atoms with Crippen molar-refractivity contribution in [2.75, 3.05) is 38.6 Å². The van der Waals surface area contributed by atoms with Gasteiger partial charge in [-0.05, 0) is 49.5 Å². The maximum Gasteiger partial charge on any atom is 0.133 e. The number of nitrogens with zero attached hydrogens (tertiary/aromatic N) is 2. The molecule has 0 radical (unpaired) electrons. The Morgan fingerprint density at radius 1 is 1.25 bits per heavy atom. The van der Waals surface area contributed by atoms with Crippen LogP contribution in [0.2, 0.25) is 0 Å². The molecule has 0 amide bonds. The van der Waals surface area contributed by atoms with Gasteiger partial charge in [-0.25, -0.2) is 4.98 Å². The Morgan fingerprint density at radius 3 is 2.90 bits per heavy atom. The average Bonchev–Trinajstić information content (AvgIpc) is 3.00. The second-order valence-corrected chi connectivity index (χ2v) is 5.22. The predicted octanol–water partition coefficient (Wildman–Crippen LogP) is 2.75. The van der Waals surface area contributed by atoms with Gasteiger partial charge in [-0.3, -0.25) is 0 Å². The van der Waals surface area contributed by atoms with Crippen LogP contribution >= 0.6 is 0 Å². The standard InChI is InChI=1S/C16H21N3O/c1-20-14-5-4-13-6-7-17-16(15(13)12-14)18-8-11-19-9-2-3-10-19/h4-7,12H,2-3,8-11H2,1H3,(H,17,18). The van der Waals surface area contributed by atoms with Crippen LogP contribution in [-0.2, 0) is 0 Å². The highest BCUT2D eigenvalue weighted by Gasteiger charge is 2.11. The third kappa shape index (κ3) is 2.85. The largest absolute Gasteiger partial charge is 0.497 e. The highest BCUT2D eigenvalue weighted by atomic mass is 16.5. The number of anilines is 1. The first-order chi connectivity index (χ1) is 9.86. The molecule has 0 saturated carbocycles. The molecule has 0 atom stereocenters. The average molecular weight is 271 g/mol. The zero-order valence-electron chi connectivity index (χ0n) is 11.9. The lowest BCUT2D eigenvalue weighted by atomic mass is 10.1. The van der Waals surface area contributed by atoms with E-state index in [1.807, 2.05) is 24.4 Å². The number of hydrogen-bond donors (Lipinski definition) is 1. The number of ether oxygens (including phenoxy) is 1. The molecular weight excluding hydrogens is 250 g/mol. The molecule has 3 rings (SSSR count). The Balaban J connectivity index is 1.72. The van der Waals surface area contributed by atoms with E-state index in [0.717, 1.165) is 30.0 Å². The van der Waals surface area contributed by atoms with Crippen molar-refractivity contribution in [2.24, 2.45) is 0 Å². The maximum absolute atomic E-state index is 5.30. The van der Waals surface area contributed by atoms with Crippen LogP contribution in [0.1, 0.15) is 12.8 Å². The summed E-state index contributed by atoms with van der Waals surface area (Å²) in [4.78, 5) is 6.96. The number of pyridine rings is 1. The van der Waals surface area contributed by atoms with E-state index in [1.165, 1.54) is 31.3 Å². The molecule has 4 nitrogen and oxygen atoms in total. The SMILES string of the molecule is COc1ccc2ccnc(NCCN3CCCC3)c2c1. The highest BCUT2D eigenvalue weighted by Crippen LogP contribution is 2.25. The monoisotopic (exact) mass is 271 g/mol. The summed E-state index contributed by atoms with van der Waals surface area (Å²) < 4.78 is 5.30. The number of likely N-dealkylation sites (tertiary alicyclic amines) is 1. The van der Waals surface area contributed by atoms with E-state index in [-0.39, 0.29) is 0 Å². The summed E-state index contributed by atoms with van der Waals surface area (Å²) in [6, 6.07) is 8.12. The van der Waals surface area contributed by atoms with Crippen molar-refractivity contribution in [2.45, 2.75) is 12.8 Å². The van der Waals surface area contributed by atoms with Crippen molar-refractivity contribution in [3.8, 4) is 5.75 Å². The lowest BCUT2D eigenvalue weighted by Gasteiger charge is -2.15. The van der Waals surface area contributed by atoms with E-state index in [9.17, 15) is 0 Å². The van der Waals surface area contributed by atoms with Crippen LogP contribution in [0.4, 0.5) is 5.82 Å². The topological polar surface area (TPSA) is 37.4 Å². The van der Waals surface area contributed by atoms with Crippen LogP contribution < -0.4 is 10.1 Å². The van der Waals surface area contributed by atoms with E-state index >= 15 is 0 Å². The first-order valence-corrected chi connectivity index (χ1v) is 7.26. The van der Waals surface area contributed by atoms with Gasteiger partial charge in [0.2, 0.25) is 0 Å². The van der Waals surface area contributed by atoms with Gasteiger partial charge in [0.15, 0.2) is 0 Å². The number of methoxy groups -OCH3 is 1. The Hall–Kier alpha value is -1.81. The maximum atomic E-state index is 5.30. The minimum absolute atomic E-state index is 0.869. The molecule has 1 aromatic heterocycles. The first kappa shape index (κ1) is 13.2. The molecule has 1 aliphatic rings. The molecule has 20 heavy (non-hydrogen) atoms. The molecule has 0 bridgehead atoms. The Morgan fingerprint density at radius 2 is 2.10 bits per heavy atom. The molecule has 4 heteroatoms. The number of fused-ring (bicyclic) bond motifs is 1. The minimum atomic E-state index is 0.869. The second-order valence-electron chi connectivity index (χ2n) is 5.22. The number of aromatic nitrogens is 1. The molecule has 0 spiro atoms. The molecule has 1 fully saturated rings. The van der Waals surface area contributed by atoms with Gasteiger partial charge in [0.05, 0.1) is 7.11 Å². The molecule has 2 heterocycles. The molecular formula is C16H21N3O. The highest BCUT2D eigenvalue weighted by molar-refractivity contribution is 5.92. The first-order valence-electron chi connectivity index (χ1n) is 7.26. The fourth-order valence-electron chi connectivity index (χ4n) is 2.75. The zero-order valence-corrected chi connectivity index (χ0v) is 11.9. The number of benzene rings is 1. The van der Waals surface area contributed by atoms with Crippen LogP contribution in [-0.4, -0.2) is 43.2 Å². The molecule has 0 aliphatic carbocycles. The Kier molecular flexibility index (Phi) is 4.02. The van der Waals surface area contributed by atoms with E-state index < -0.39 is 0 Å². The van der Waals surface area contributed by atoms with Crippen molar-refractivity contribution in [1.82, 2.24) is 9.88 Å². The van der Waals surface area contributed by atoms with Gasteiger partial charge < -0.3 is 15.0 Å². The van der Waals surface area contributed by atoms with Gasteiger partial charge >= 0.3 is 0 Å². The van der Waals surface area contributed by atoms with Crippen molar-refractivity contribution < 1.29 is 4.74 Å². The van der Waals surface area contributed by atoms with Crippen LogP contribution in [0.3, 0.4) is 0 Å². The molecule has 1 N–H and O–H groups in total. The van der Waals surface area contributed by atoms with E-state index in [1.54, 1.807) is 7.11 Å². The number of hydrogen-bond acceptors (Lipinski definition) is 4. The molecule has 0 unspecified atom stereocenters. The van der Waals surface area contributed by atoms with Gasteiger partial charge in [0.25, 0.3) is 0 Å². The molecule has 1 aliphatic heterocycles.